The van der Waals surface area contributed by atoms with Crippen molar-refractivity contribution in [2.24, 2.45) is 10.8 Å². The first-order valence-corrected chi connectivity index (χ1v) is 7.29. The summed E-state index contributed by atoms with van der Waals surface area (Å²) in [6, 6.07) is 2.06. The summed E-state index contributed by atoms with van der Waals surface area (Å²) in [6.07, 6.45) is 4.84. The number of allylic oxidation sites excluding steroid dienone is 4. The minimum Gasteiger partial charge on any atom is -0.384 e. The monoisotopic (exact) mass is 275 g/mol. The first kappa shape index (κ1) is 18.7. The molecule has 1 rings (SSSR count). The van der Waals surface area contributed by atoms with Gasteiger partial charge in [0.2, 0.25) is 0 Å². The van der Waals surface area contributed by atoms with Crippen molar-refractivity contribution in [1.29, 1.82) is 5.26 Å². The number of aliphatic hydroxyl groups is 1. The van der Waals surface area contributed by atoms with Crippen LogP contribution in [-0.2, 0) is 0 Å². The van der Waals surface area contributed by atoms with Gasteiger partial charge in [-0.25, -0.2) is 0 Å². The summed E-state index contributed by atoms with van der Waals surface area (Å²) < 4.78 is 0. The van der Waals surface area contributed by atoms with Gasteiger partial charge in [-0.1, -0.05) is 67.5 Å². The van der Waals surface area contributed by atoms with Crippen LogP contribution >= 0.6 is 0 Å². The summed E-state index contributed by atoms with van der Waals surface area (Å²) in [7, 11) is 0. The van der Waals surface area contributed by atoms with Crippen molar-refractivity contribution in [1.82, 2.24) is 0 Å². The Morgan fingerprint density at radius 3 is 1.60 bits per heavy atom. The summed E-state index contributed by atoms with van der Waals surface area (Å²) in [5.74, 6) is 0. The van der Waals surface area contributed by atoms with Crippen molar-refractivity contribution in [3.05, 3.63) is 34.9 Å². The Kier molecular flexibility index (Phi) is 6.44. The van der Waals surface area contributed by atoms with Crippen LogP contribution < -0.4 is 0 Å². The lowest BCUT2D eigenvalue weighted by Gasteiger charge is -2.37. The summed E-state index contributed by atoms with van der Waals surface area (Å²) in [4.78, 5) is 0. The van der Waals surface area contributed by atoms with Crippen LogP contribution in [-0.4, -0.2) is 11.2 Å². The molecule has 0 saturated heterocycles. The van der Waals surface area contributed by atoms with Crippen LogP contribution in [0.3, 0.4) is 0 Å². The third-order valence-electron chi connectivity index (χ3n) is 3.20. The molecule has 1 aliphatic carbocycles. The Morgan fingerprint density at radius 2 is 1.35 bits per heavy atom. The maximum absolute atomic E-state index is 10.5. The van der Waals surface area contributed by atoms with Crippen molar-refractivity contribution >= 4 is 0 Å². The molecule has 0 fully saturated rings. The van der Waals surface area contributed by atoms with E-state index in [-0.39, 0.29) is 10.8 Å². The van der Waals surface area contributed by atoms with E-state index < -0.39 is 6.10 Å². The highest BCUT2D eigenvalue weighted by Crippen LogP contribution is 2.41. The van der Waals surface area contributed by atoms with Gasteiger partial charge in [0.1, 0.15) is 0 Å². The summed E-state index contributed by atoms with van der Waals surface area (Å²) in [5, 5.41) is 19.4. The molecule has 0 amide bonds. The fourth-order valence-corrected chi connectivity index (χ4v) is 2.14. The van der Waals surface area contributed by atoms with E-state index in [0.717, 1.165) is 16.7 Å². The van der Waals surface area contributed by atoms with Crippen molar-refractivity contribution in [3.63, 3.8) is 0 Å². The molecule has 1 aliphatic rings. The first-order chi connectivity index (χ1) is 9.07. The van der Waals surface area contributed by atoms with Crippen LogP contribution in [0, 0.1) is 22.2 Å². The molecule has 0 aromatic heterocycles. The largest absolute Gasteiger partial charge is 0.384 e. The van der Waals surface area contributed by atoms with Crippen molar-refractivity contribution in [3.8, 4) is 6.07 Å². The summed E-state index contributed by atoms with van der Waals surface area (Å²) in [6.45, 7) is 16.5. The second-order valence-corrected chi connectivity index (χ2v) is 6.88. The lowest BCUT2D eigenvalue weighted by atomic mass is 9.71. The van der Waals surface area contributed by atoms with E-state index >= 15 is 0 Å². The van der Waals surface area contributed by atoms with E-state index in [2.05, 4.69) is 47.6 Å². The Balaban J connectivity index is 0.00000172. The number of aliphatic hydroxyl groups excluding tert-OH is 1. The molecule has 0 radical (unpaired) electrons. The predicted molar refractivity (Wildman–Crippen MR) is 86.1 cm³/mol. The zero-order valence-electron chi connectivity index (χ0n) is 14.2. The number of nitrogens with zero attached hydrogens (tertiary/aromatic N) is 1. The number of hydrogen-bond acceptors (Lipinski definition) is 2. The molecule has 0 atom stereocenters. The van der Waals surface area contributed by atoms with Gasteiger partial charge in [-0.15, -0.1) is 0 Å². The fraction of sp³-hybridized carbons (Fsp3) is 0.611. The molecule has 2 nitrogen and oxygen atoms in total. The van der Waals surface area contributed by atoms with Crippen LogP contribution in [0.1, 0.15) is 55.4 Å². The van der Waals surface area contributed by atoms with E-state index in [1.54, 1.807) is 0 Å². The first-order valence-electron chi connectivity index (χ1n) is 7.29. The molecule has 1 N–H and O–H groups in total. The van der Waals surface area contributed by atoms with E-state index in [0.29, 0.717) is 0 Å². The fourth-order valence-electron chi connectivity index (χ4n) is 2.14. The standard InChI is InChI=1S/C16H23NO.C2H6/c1-15(2,3)12-9-11(7-8-17)10-13(14(12)18)16(4,5)6;1-2/h7,9-10,14,18H,1-6H3;1-2H3. The Hall–Kier alpha value is -1.33. The highest BCUT2D eigenvalue weighted by molar-refractivity contribution is 5.49. The second kappa shape index (κ2) is 6.90. The normalized spacial score (nSPS) is 19.2. The minimum absolute atomic E-state index is 0.112. The maximum atomic E-state index is 10.5. The van der Waals surface area contributed by atoms with E-state index in [1.807, 2.05) is 26.0 Å². The Labute approximate surface area is 124 Å². The number of nitriles is 1. The summed E-state index contributed by atoms with van der Waals surface area (Å²) in [5.41, 5.74) is 2.59. The zero-order valence-corrected chi connectivity index (χ0v) is 14.2. The predicted octanol–water partition coefficient (Wildman–Crippen LogP) is 4.78. The average Bonchev–Trinajstić information content (AvgIpc) is 2.31. The molecular weight excluding hydrogens is 246 g/mol. The molecule has 0 aromatic carbocycles. The second-order valence-electron chi connectivity index (χ2n) is 6.88. The zero-order chi connectivity index (χ0) is 16.1. The molecule has 20 heavy (non-hydrogen) atoms. The molecule has 2 heteroatoms. The van der Waals surface area contributed by atoms with Crippen LogP contribution in [0.15, 0.2) is 34.9 Å². The van der Waals surface area contributed by atoms with Crippen LogP contribution in [0.5, 0.6) is 0 Å². The van der Waals surface area contributed by atoms with Crippen LogP contribution in [0.4, 0.5) is 0 Å². The van der Waals surface area contributed by atoms with E-state index in [4.69, 9.17) is 5.26 Å². The van der Waals surface area contributed by atoms with Gasteiger partial charge in [-0.05, 0) is 27.5 Å². The van der Waals surface area contributed by atoms with Crippen molar-refractivity contribution < 1.29 is 5.11 Å². The molecular formula is C18H29NO. The average molecular weight is 275 g/mol. The third kappa shape index (κ3) is 4.65. The van der Waals surface area contributed by atoms with E-state index in [9.17, 15) is 5.11 Å². The Bertz CT molecular complexity index is 425. The van der Waals surface area contributed by atoms with Crippen molar-refractivity contribution in [2.75, 3.05) is 0 Å². The van der Waals surface area contributed by atoms with Gasteiger partial charge in [0, 0.05) is 6.08 Å². The molecule has 0 spiro atoms. The highest BCUT2D eigenvalue weighted by atomic mass is 16.3. The number of hydrogen-bond donors (Lipinski definition) is 1. The molecule has 0 unspecified atom stereocenters. The molecule has 0 saturated carbocycles. The lowest BCUT2D eigenvalue weighted by molar-refractivity contribution is 0.192. The molecule has 0 aromatic rings. The maximum Gasteiger partial charge on any atom is 0.0977 e. The minimum atomic E-state index is -0.555. The topological polar surface area (TPSA) is 44.0 Å². The van der Waals surface area contributed by atoms with Gasteiger partial charge in [-0.2, -0.15) is 5.26 Å². The van der Waals surface area contributed by atoms with Gasteiger partial charge >= 0.3 is 0 Å². The van der Waals surface area contributed by atoms with Gasteiger partial charge in [0.15, 0.2) is 0 Å². The smallest absolute Gasteiger partial charge is 0.0977 e. The van der Waals surface area contributed by atoms with Gasteiger partial charge in [0.05, 0.1) is 12.2 Å². The highest BCUT2D eigenvalue weighted by Gasteiger charge is 2.34. The van der Waals surface area contributed by atoms with Gasteiger partial charge < -0.3 is 5.11 Å². The molecule has 0 aliphatic heterocycles. The lowest BCUT2D eigenvalue weighted by Crippen LogP contribution is -2.31. The van der Waals surface area contributed by atoms with Crippen molar-refractivity contribution in [2.45, 2.75) is 61.5 Å². The third-order valence-corrected chi connectivity index (χ3v) is 3.20. The van der Waals surface area contributed by atoms with Crippen LogP contribution in [0.2, 0.25) is 0 Å². The molecule has 0 bridgehead atoms. The number of rotatable bonds is 0. The SMILES string of the molecule is CC.CC(C)(C)C1=CC(=CC#N)C=C(C(C)(C)C)C1O. The Morgan fingerprint density at radius 1 is 1.00 bits per heavy atom. The van der Waals surface area contributed by atoms with Gasteiger partial charge in [0.25, 0.3) is 0 Å². The van der Waals surface area contributed by atoms with E-state index in [1.165, 1.54) is 6.08 Å². The molecule has 112 valence electrons. The van der Waals surface area contributed by atoms with Crippen LogP contribution in [0.25, 0.3) is 0 Å². The molecule has 0 heterocycles. The summed E-state index contributed by atoms with van der Waals surface area (Å²) >= 11 is 0. The van der Waals surface area contributed by atoms with Gasteiger partial charge in [-0.3, -0.25) is 0 Å². The quantitative estimate of drug-likeness (QED) is 0.646.